The van der Waals surface area contributed by atoms with Crippen molar-refractivity contribution in [1.29, 1.82) is 0 Å². The van der Waals surface area contributed by atoms with Crippen LogP contribution in [-0.2, 0) is 11.3 Å². The van der Waals surface area contributed by atoms with Crippen molar-refractivity contribution >= 4 is 29.1 Å². The van der Waals surface area contributed by atoms with E-state index in [-0.39, 0.29) is 23.2 Å². The molecule has 2 rings (SSSR count). The van der Waals surface area contributed by atoms with Gasteiger partial charge in [0.1, 0.15) is 5.75 Å². The number of piperidine rings is 1. The van der Waals surface area contributed by atoms with Crippen molar-refractivity contribution in [3.05, 3.63) is 27.7 Å². The Bertz CT molecular complexity index is 567. The summed E-state index contributed by atoms with van der Waals surface area (Å²) in [4.78, 5) is 12.0. The molecular weight excluding hydrogens is 361 g/mol. The van der Waals surface area contributed by atoms with Crippen molar-refractivity contribution in [2.24, 2.45) is 5.92 Å². The van der Waals surface area contributed by atoms with E-state index >= 15 is 0 Å². The lowest BCUT2D eigenvalue weighted by Gasteiger charge is -2.22. The Morgan fingerprint density at radius 1 is 1.33 bits per heavy atom. The highest BCUT2D eigenvalue weighted by Gasteiger charge is 2.17. The van der Waals surface area contributed by atoms with E-state index in [0.29, 0.717) is 22.9 Å². The van der Waals surface area contributed by atoms with Gasteiger partial charge in [-0.15, -0.1) is 0 Å². The number of ether oxygens (including phenoxy) is 1. The van der Waals surface area contributed by atoms with Gasteiger partial charge in [-0.1, -0.05) is 23.2 Å². The van der Waals surface area contributed by atoms with Crippen LogP contribution >= 0.6 is 23.2 Å². The van der Waals surface area contributed by atoms with Crippen LogP contribution in [0.3, 0.4) is 0 Å². The average Bonchev–Trinajstić information content (AvgIpc) is 2.54. The zero-order valence-corrected chi connectivity index (χ0v) is 14.6. The predicted molar refractivity (Wildman–Crippen MR) is 89.8 cm³/mol. The smallest absolute Gasteiger partial charge is 0.387 e. The number of hydrogen-bond acceptors (Lipinski definition) is 3. The minimum Gasteiger partial charge on any atom is -0.433 e. The SMILES string of the molecule is O=C(CCC1CCNCC1)NCc1cc(Cl)cc(Cl)c1OC(F)F. The summed E-state index contributed by atoms with van der Waals surface area (Å²) in [6.07, 6.45) is 3.38. The Hall–Kier alpha value is -1.11. The zero-order valence-electron chi connectivity index (χ0n) is 13.1. The Kier molecular flexibility index (Phi) is 7.52. The molecule has 0 radical (unpaired) electrons. The number of amides is 1. The molecule has 1 aliphatic heterocycles. The Morgan fingerprint density at radius 3 is 2.71 bits per heavy atom. The minimum absolute atomic E-state index is 0.0123. The van der Waals surface area contributed by atoms with Gasteiger partial charge in [0.25, 0.3) is 0 Å². The lowest BCUT2D eigenvalue weighted by molar-refractivity contribution is -0.121. The molecule has 134 valence electrons. The normalized spacial score (nSPS) is 15.5. The number of carbonyl (C=O) groups is 1. The molecule has 1 aromatic carbocycles. The number of rotatable bonds is 7. The van der Waals surface area contributed by atoms with Gasteiger partial charge in [0.05, 0.1) is 5.02 Å². The first-order chi connectivity index (χ1) is 11.5. The second-order valence-electron chi connectivity index (χ2n) is 5.76. The molecule has 0 aliphatic carbocycles. The van der Waals surface area contributed by atoms with Gasteiger partial charge >= 0.3 is 6.61 Å². The van der Waals surface area contributed by atoms with Crippen molar-refractivity contribution in [3.63, 3.8) is 0 Å². The average molecular weight is 381 g/mol. The highest BCUT2D eigenvalue weighted by atomic mass is 35.5. The second-order valence-corrected chi connectivity index (χ2v) is 6.61. The third kappa shape index (κ3) is 6.07. The third-order valence-corrected chi connectivity index (χ3v) is 4.51. The van der Waals surface area contributed by atoms with Crippen molar-refractivity contribution in [3.8, 4) is 5.75 Å². The maximum absolute atomic E-state index is 12.5. The van der Waals surface area contributed by atoms with Gasteiger partial charge in [-0.2, -0.15) is 8.78 Å². The van der Waals surface area contributed by atoms with E-state index in [1.54, 1.807) is 0 Å². The van der Waals surface area contributed by atoms with E-state index < -0.39 is 6.61 Å². The van der Waals surface area contributed by atoms with Gasteiger partial charge in [0.15, 0.2) is 0 Å². The van der Waals surface area contributed by atoms with Crippen molar-refractivity contribution in [1.82, 2.24) is 10.6 Å². The van der Waals surface area contributed by atoms with Crippen LogP contribution in [0.2, 0.25) is 10.0 Å². The Morgan fingerprint density at radius 2 is 2.04 bits per heavy atom. The number of benzene rings is 1. The Balaban J connectivity index is 1.89. The van der Waals surface area contributed by atoms with Gasteiger partial charge < -0.3 is 15.4 Å². The summed E-state index contributed by atoms with van der Waals surface area (Å²) in [6.45, 7) is -0.991. The molecule has 1 aliphatic rings. The van der Waals surface area contributed by atoms with E-state index in [1.165, 1.54) is 12.1 Å². The first-order valence-electron chi connectivity index (χ1n) is 7.86. The summed E-state index contributed by atoms with van der Waals surface area (Å²) in [5, 5.41) is 6.27. The first-order valence-corrected chi connectivity index (χ1v) is 8.61. The molecule has 8 heteroatoms. The third-order valence-electron chi connectivity index (χ3n) is 4.01. The molecule has 0 saturated carbocycles. The highest BCUT2D eigenvalue weighted by molar-refractivity contribution is 6.35. The van der Waals surface area contributed by atoms with Gasteiger partial charge in [0.2, 0.25) is 5.91 Å². The van der Waals surface area contributed by atoms with Crippen LogP contribution in [0.15, 0.2) is 12.1 Å². The quantitative estimate of drug-likeness (QED) is 0.751. The van der Waals surface area contributed by atoms with Crippen molar-refractivity contribution in [2.75, 3.05) is 13.1 Å². The van der Waals surface area contributed by atoms with Gasteiger partial charge in [0, 0.05) is 23.6 Å². The molecule has 0 spiro atoms. The van der Waals surface area contributed by atoms with Crippen LogP contribution < -0.4 is 15.4 Å². The summed E-state index contributed by atoms with van der Waals surface area (Å²) in [7, 11) is 0. The Labute approximate surface area is 149 Å². The molecule has 1 heterocycles. The molecule has 1 amide bonds. The fourth-order valence-electron chi connectivity index (χ4n) is 2.75. The monoisotopic (exact) mass is 380 g/mol. The summed E-state index contributed by atoms with van der Waals surface area (Å²) in [5.41, 5.74) is 0.322. The molecule has 0 bridgehead atoms. The molecule has 2 N–H and O–H groups in total. The standard InChI is InChI=1S/C16H20Cl2F2N2O2/c17-12-7-11(15(13(18)8-12)24-16(19)20)9-22-14(23)2-1-10-3-5-21-6-4-10/h7-8,10,16,21H,1-6,9H2,(H,22,23). The predicted octanol–water partition coefficient (Wildman–Crippen LogP) is 3.99. The number of halogens is 4. The van der Waals surface area contributed by atoms with E-state index in [4.69, 9.17) is 23.2 Å². The van der Waals surface area contributed by atoms with E-state index in [9.17, 15) is 13.6 Å². The van der Waals surface area contributed by atoms with Crippen LogP contribution in [0.4, 0.5) is 8.78 Å². The molecule has 4 nitrogen and oxygen atoms in total. The summed E-state index contributed by atoms with van der Waals surface area (Å²) < 4.78 is 29.4. The molecule has 1 saturated heterocycles. The first kappa shape index (κ1) is 19.2. The summed E-state index contributed by atoms with van der Waals surface area (Å²) in [5.74, 6) is 0.262. The summed E-state index contributed by atoms with van der Waals surface area (Å²) >= 11 is 11.8. The van der Waals surface area contributed by atoms with Gasteiger partial charge in [-0.05, 0) is 50.4 Å². The molecule has 0 atom stereocenters. The highest BCUT2D eigenvalue weighted by Crippen LogP contribution is 2.33. The molecule has 0 unspecified atom stereocenters. The van der Waals surface area contributed by atoms with Crippen LogP contribution in [0, 0.1) is 5.92 Å². The van der Waals surface area contributed by atoms with Crippen LogP contribution in [-0.4, -0.2) is 25.6 Å². The number of alkyl halides is 2. The minimum atomic E-state index is -3.00. The van der Waals surface area contributed by atoms with E-state index in [2.05, 4.69) is 15.4 Å². The fourth-order valence-corrected chi connectivity index (χ4v) is 3.33. The lowest BCUT2D eigenvalue weighted by Crippen LogP contribution is -2.29. The van der Waals surface area contributed by atoms with Crippen LogP contribution in [0.25, 0.3) is 0 Å². The summed E-state index contributed by atoms with van der Waals surface area (Å²) in [6, 6.07) is 2.78. The van der Waals surface area contributed by atoms with Crippen molar-refractivity contribution in [2.45, 2.75) is 38.8 Å². The maximum atomic E-state index is 12.5. The van der Waals surface area contributed by atoms with Gasteiger partial charge in [-0.3, -0.25) is 4.79 Å². The fraction of sp³-hybridized carbons (Fsp3) is 0.562. The second kappa shape index (κ2) is 9.39. The van der Waals surface area contributed by atoms with E-state index in [0.717, 1.165) is 32.4 Å². The molecule has 1 fully saturated rings. The topological polar surface area (TPSA) is 50.4 Å². The molecule has 0 aromatic heterocycles. The van der Waals surface area contributed by atoms with Crippen LogP contribution in [0.5, 0.6) is 5.75 Å². The van der Waals surface area contributed by atoms with Crippen LogP contribution in [0.1, 0.15) is 31.2 Å². The van der Waals surface area contributed by atoms with Crippen molar-refractivity contribution < 1.29 is 18.3 Å². The maximum Gasteiger partial charge on any atom is 0.387 e. The van der Waals surface area contributed by atoms with Gasteiger partial charge in [-0.25, -0.2) is 0 Å². The molecular formula is C16H20Cl2F2N2O2. The molecule has 24 heavy (non-hydrogen) atoms. The molecule has 1 aromatic rings. The zero-order chi connectivity index (χ0) is 17.5. The largest absolute Gasteiger partial charge is 0.433 e. The number of nitrogens with one attached hydrogen (secondary N) is 2. The number of hydrogen-bond donors (Lipinski definition) is 2. The number of carbonyl (C=O) groups excluding carboxylic acids is 1. The lowest BCUT2D eigenvalue weighted by atomic mass is 9.93. The van der Waals surface area contributed by atoms with E-state index in [1.807, 2.05) is 0 Å².